The zero-order chi connectivity index (χ0) is 21.8. The SMILES string of the molecule is COc1ccc2nc(N(Cc3ccccn3)C(=O)Cc3ccc(C(C)C)cc3)sc2c1. The summed E-state index contributed by atoms with van der Waals surface area (Å²) in [5, 5.41) is 0.665. The molecule has 5 nitrogen and oxygen atoms in total. The molecular weight excluding hydrogens is 406 g/mol. The second-order valence-electron chi connectivity index (χ2n) is 7.70. The minimum Gasteiger partial charge on any atom is -0.497 e. The van der Waals surface area contributed by atoms with Crippen LogP contribution in [0.5, 0.6) is 5.75 Å². The number of methoxy groups -OCH3 is 1. The van der Waals surface area contributed by atoms with Gasteiger partial charge in [-0.25, -0.2) is 4.98 Å². The highest BCUT2D eigenvalue weighted by Crippen LogP contribution is 2.32. The van der Waals surface area contributed by atoms with Crippen molar-refractivity contribution in [3.05, 3.63) is 83.7 Å². The first-order valence-electron chi connectivity index (χ1n) is 10.3. The van der Waals surface area contributed by atoms with Crippen LogP contribution in [-0.4, -0.2) is 23.0 Å². The number of nitrogens with zero attached hydrogens (tertiary/aromatic N) is 3. The molecule has 0 unspecified atom stereocenters. The molecule has 2 aromatic carbocycles. The fourth-order valence-electron chi connectivity index (χ4n) is 3.34. The predicted molar refractivity (Wildman–Crippen MR) is 126 cm³/mol. The minimum absolute atomic E-state index is 0.00558. The number of anilines is 1. The van der Waals surface area contributed by atoms with Crippen molar-refractivity contribution >= 4 is 32.6 Å². The quantitative estimate of drug-likeness (QED) is 0.382. The summed E-state index contributed by atoms with van der Waals surface area (Å²) in [4.78, 5) is 24.2. The van der Waals surface area contributed by atoms with Crippen molar-refractivity contribution in [1.82, 2.24) is 9.97 Å². The third-order valence-electron chi connectivity index (χ3n) is 5.16. The van der Waals surface area contributed by atoms with Crippen LogP contribution in [0.25, 0.3) is 10.2 Å². The van der Waals surface area contributed by atoms with Gasteiger partial charge in [-0.1, -0.05) is 55.5 Å². The van der Waals surface area contributed by atoms with Gasteiger partial charge in [0, 0.05) is 6.20 Å². The van der Waals surface area contributed by atoms with Crippen molar-refractivity contribution in [2.75, 3.05) is 12.0 Å². The van der Waals surface area contributed by atoms with Gasteiger partial charge in [-0.2, -0.15) is 0 Å². The first kappa shape index (κ1) is 21.0. The summed E-state index contributed by atoms with van der Waals surface area (Å²) in [6.07, 6.45) is 2.05. The highest BCUT2D eigenvalue weighted by Gasteiger charge is 2.21. The molecule has 4 aromatic rings. The average Bonchev–Trinajstić information content (AvgIpc) is 3.21. The Bertz CT molecular complexity index is 1170. The molecule has 0 spiro atoms. The number of ether oxygens (including phenoxy) is 1. The van der Waals surface area contributed by atoms with Crippen molar-refractivity contribution in [3.8, 4) is 5.75 Å². The van der Waals surface area contributed by atoms with Gasteiger partial charge in [0.1, 0.15) is 5.75 Å². The van der Waals surface area contributed by atoms with E-state index in [4.69, 9.17) is 9.72 Å². The Morgan fingerprint density at radius 1 is 1.10 bits per heavy atom. The Hall–Kier alpha value is -3.25. The first-order valence-corrected chi connectivity index (χ1v) is 11.1. The maximum Gasteiger partial charge on any atom is 0.233 e. The van der Waals surface area contributed by atoms with Crippen molar-refractivity contribution in [3.63, 3.8) is 0 Å². The average molecular weight is 432 g/mol. The van der Waals surface area contributed by atoms with E-state index in [0.717, 1.165) is 27.2 Å². The molecule has 0 aliphatic rings. The van der Waals surface area contributed by atoms with Gasteiger partial charge in [-0.3, -0.25) is 14.7 Å². The molecule has 31 heavy (non-hydrogen) atoms. The van der Waals surface area contributed by atoms with Gasteiger partial charge in [-0.15, -0.1) is 0 Å². The van der Waals surface area contributed by atoms with Gasteiger partial charge >= 0.3 is 0 Å². The fourth-order valence-corrected chi connectivity index (χ4v) is 4.35. The summed E-state index contributed by atoms with van der Waals surface area (Å²) in [5.74, 6) is 1.23. The van der Waals surface area contributed by atoms with Gasteiger partial charge in [0.05, 0.1) is 36.0 Å². The largest absolute Gasteiger partial charge is 0.497 e. The molecule has 0 aliphatic carbocycles. The molecule has 6 heteroatoms. The molecule has 2 heterocycles. The topological polar surface area (TPSA) is 55.3 Å². The molecule has 2 aromatic heterocycles. The molecule has 0 saturated heterocycles. The Balaban J connectivity index is 1.64. The lowest BCUT2D eigenvalue weighted by atomic mass is 10.0. The van der Waals surface area contributed by atoms with Crippen LogP contribution in [0.15, 0.2) is 66.9 Å². The van der Waals surface area contributed by atoms with E-state index >= 15 is 0 Å². The molecule has 0 atom stereocenters. The number of amides is 1. The van der Waals surface area contributed by atoms with Crippen LogP contribution in [0.2, 0.25) is 0 Å². The van der Waals surface area contributed by atoms with Gasteiger partial charge in [-0.05, 0) is 47.4 Å². The Morgan fingerprint density at radius 2 is 1.90 bits per heavy atom. The van der Waals surface area contributed by atoms with Crippen LogP contribution in [-0.2, 0) is 17.8 Å². The van der Waals surface area contributed by atoms with E-state index in [-0.39, 0.29) is 5.91 Å². The maximum atomic E-state index is 13.4. The van der Waals surface area contributed by atoms with Crippen molar-refractivity contribution in [1.29, 1.82) is 0 Å². The van der Waals surface area contributed by atoms with Crippen LogP contribution in [0.3, 0.4) is 0 Å². The Kier molecular flexibility index (Phi) is 6.28. The fraction of sp³-hybridized carbons (Fsp3) is 0.240. The van der Waals surface area contributed by atoms with E-state index in [1.165, 1.54) is 16.9 Å². The van der Waals surface area contributed by atoms with Crippen molar-refractivity contribution < 1.29 is 9.53 Å². The third-order valence-corrected chi connectivity index (χ3v) is 6.21. The molecule has 0 aliphatic heterocycles. The van der Waals surface area contributed by atoms with E-state index in [9.17, 15) is 4.79 Å². The Labute approximate surface area is 186 Å². The zero-order valence-electron chi connectivity index (χ0n) is 17.9. The van der Waals surface area contributed by atoms with Gasteiger partial charge < -0.3 is 4.74 Å². The lowest BCUT2D eigenvalue weighted by molar-refractivity contribution is -0.118. The number of pyridine rings is 1. The normalized spacial score (nSPS) is 11.1. The van der Waals surface area contributed by atoms with Crippen molar-refractivity contribution in [2.24, 2.45) is 0 Å². The summed E-state index contributed by atoms with van der Waals surface area (Å²) in [6, 6.07) is 19.7. The van der Waals surface area contributed by atoms with E-state index in [0.29, 0.717) is 24.0 Å². The highest BCUT2D eigenvalue weighted by molar-refractivity contribution is 7.22. The van der Waals surface area contributed by atoms with E-state index in [1.54, 1.807) is 18.2 Å². The molecule has 0 fully saturated rings. The number of carbonyl (C=O) groups excluding carboxylic acids is 1. The van der Waals surface area contributed by atoms with E-state index in [2.05, 4.69) is 31.0 Å². The Morgan fingerprint density at radius 3 is 2.58 bits per heavy atom. The maximum absolute atomic E-state index is 13.4. The van der Waals surface area contributed by atoms with E-state index < -0.39 is 0 Å². The van der Waals surface area contributed by atoms with Crippen LogP contribution < -0.4 is 9.64 Å². The first-order chi connectivity index (χ1) is 15.0. The monoisotopic (exact) mass is 431 g/mol. The number of aromatic nitrogens is 2. The number of rotatable bonds is 7. The van der Waals surface area contributed by atoms with Crippen LogP contribution in [0, 0.1) is 0 Å². The second kappa shape index (κ2) is 9.27. The molecule has 4 rings (SSSR count). The molecule has 0 saturated carbocycles. The number of fused-ring (bicyclic) bond motifs is 1. The van der Waals surface area contributed by atoms with Crippen molar-refractivity contribution in [2.45, 2.75) is 32.7 Å². The van der Waals surface area contributed by atoms with E-state index in [1.807, 2.05) is 48.5 Å². The number of benzene rings is 2. The van der Waals surface area contributed by atoms with Gasteiger partial charge in [0.2, 0.25) is 5.91 Å². The van der Waals surface area contributed by atoms with Gasteiger partial charge in [0.25, 0.3) is 0 Å². The summed E-state index contributed by atoms with van der Waals surface area (Å²) in [5.41, 5.74) is 3.92. The summed E-state index contributed by atoms with van der Waals surface area (Å²) >= 11 is 1.49. The molecule has 0 bridgehead atoms. The number of thiazole rings is 1. The van der Waals surface area contributed by atoms with Crippen LogP contribution in [0.4, 0.5) is 5.13 Å². The second-order valence-corrected chi connectivity index (χ2v) is 8.71. The number of hydrogen-bond acceptors (Lipinski definition) is 5. The van der Waals surface area contributed by atoms with Crippen LogP contribution >= 0.6 is 11.3 Å². The third kappa shape index (κ3) is 4.91. The molecule has 0 radical (unpaired) electrons. The zero-order valence-corrected chi connectivity index (χ0v) is 18.7. The van der Waals surface area contributed by atoms with Gasteiger partial charge in [0.15, 0.2) is 5.13 Å². The molecular formula is C25H25N3O2S. The minimum atomic E-state index is -0.00558. The molecule has 0 N–H and O–H groups in total. The summed E-state index contributed by atoms with van der Waals surface area (Å²) < 4.78 is 6.31. The lowest BCUT2D eigenvalue weighted by Crippen LogP contribution is -2.32. The predicted octanol–water partition coefficient (Wildman–Crippen LogP) is 5.60. The summed E-state index contributed by atoms with van der Waals surface area (Å²) in [6.45, 7) is 4.70. The molecule has 158 valence electrons. The standard InChI is InChI=1S/C25H25N3O2S/c1-17(2)19-9-7-18(8-10-19)14-24(29)28(16-20-6-4-5-13-26-20)25-27-22-12-11-21(30-3)15-23(22)31-25/h4-13,15,17H,14,16H2,1-3H3. The summed E-state index contributed by atoms with van der Waals surface area (Å²) in [7, 11) is 1.64. The lowest BCUT2D eigenvalue weighted by Gasteiger charge is -2.20. The number of hydrogen-bond donors (Lipinski definition) is 0. The highest BCUT2D eigenvalue weighted by atomic mass is 32.1. The smallest absolute Gasteiger partial charge is 0.233 e. The number of carbonyl (C=O) groups is 1. The van der Waals surface area contributed by atoms with Crippen LogP contribution in [0.1, 0.15) is 36.6 Å². The molecule has 1 amide bonds.